The van der Waals surface area contributed by atoms with Crippen LogP contribution in [0, 0.1) is 5.92 Å². The second-order valence-electron chi connectivity index (χ2n) is 5.33. The van der Waals surface area contributed by atoms with Crippen LogP contribution in [-0.2, 0) is 9.53 Å². The highest BCUT2D eigenvalue weighted by atomic mass is 16.5. The van der Waals surface area contributed by atoms with Gasteiger partial charge in [0.25, 0.3) is 0 Å². The molecule has 2 rings (SSSR count). The molecule has 2 aliphatic rings. The molecule has 2 heterocycles. The van der Waals surface area contributed by atoms with Crippen LogP contribution in [0.1, 0.15) is 25.7 Å². The third-order valence-corrected chi connectivity index (χ3v) is 3.99. The molecule has 2 saturated heterocycles. The van der Waals surface area contributed by atoms with Gasteiger partial charge in [0, 0.05) is 31.9 Å². The van der Waals surface area contributed by atoms with E-state index in [1.807, 2.05) is 6.20 Å². The average molecular weight is 252 g/mol. The summed E-state index contributed by atoms with van der Waals surface area (Å²) in [7, 11) is 1.41. The van der Waals surface area contributed by atoms with Crippen LogP contribution < -0.4 is 0 Å². The predicted octanol–water partition coefficient (Wildman–Crippen LogP) is 1.48. The second-order valence-corrected chi connectivity index (χ2v) is 5.33. The van der Waals surface area contributed by atoms with Gasteiger partial charge in [0.1, 0.15) is 0 Å². The molecule has 0 radical (unpaired) electrons. The van der Waals surface area contributed by atoms with Gasteiger partial charge in [0.2, 0.25) is 0 Å². The van der Waals surface area contributed by atoms with E-state index in [1.165, 1.54) is 58.5 Å². The van der Waals surface area contributed by atoms with Crippen LogP contribution in [0.5, 0.6) is 0 Å². The van der Waals surface area contributed by atoms with Gasteiger partial charge in [-0.3, -0.25) is 0 Å². The summed E-state index contributed by atoms with van der Waals surface area (Å²) in [5.74, 6) is 0.570. The molecule has 0 aromatic heterocycles. The minimum atomic E-state index is -0.269. The molecule has 0 saturated carbocycles. The van der Waals surface area contributed by atoms with E-state index in [2.05, 4.69) is 14.5 Å². The number of ether oxygens (including phenoxy) is 1. The quantitative estimate of drug-likeness (QED) is 0.560. The molecule has 0 spiro atoms. The first-order chi connectivity index (χ1) is 8.78. The molecular weight excluding hydrogens is 228 g/mol. The number of likely N-dealkylation sites (tertiary alicyclic amines) is 2. The Hall–Kier alpha value is -1.03. The Morgan fingerprint density at radius 3 is 2.50 bits per heavy atom. The number of methoxy groups -OCH3 is 1. The first-order valence-electron chi connectivity index (χ1n) is 7.00. The van der Waals surface area contributed by atoms with Gasteiger partial charge < -0.3 is 14.5 Å². The van der Waals surface area contributed by atoms with Crippen LogP contribution >= 0.6 is 0 Å². The van der Waals surface area contributed by atoms with Gasteiger partial charge in [0.05, 0.1) is 7.11 Å². The molecule has 0 amide bonds. The molecule has 0 unspecified atom stereocenters. The first kappa shape index (κ1) is 13.4. The van der Waals surface area contributed by atoms with Crippen LogP contribution in [0.2, 0.25) is 0 Å². The molecule has 2 fully saturated rings. The van der Waals surface area contributed by atoms with E-state index in [1.54, 1.807) is 0 Å². The molecule has 0 bridgehead atoms. The number of hydrogen-bond donors (Lipinski definition) is 0. The highest BCUT2D eigenvalue weighted by Gasteiger charge is 2.21. The lowest BCUT2D eigenvalue weighted by molar-refractivity contribution is -0.134. The van der Waals surface area contributed by atoms with Crippen molar-refractivity contribution in [3.05, 3.63) is 12.3 Å². The monoisotopic (exact) mass is 252 g/mol. The minimum absolute atomic E-state index is 0.269. The van der Waals surface area contributed by atoms with Gasteiger partial charge in [-0.25, -0.2) is 4.79 Å². The zero-order valence-electron chi connectivity index (χ0n) is 11.3. The molecule has 4 nitrogen and oxygen atoms in total. The molecule has 4 heteroatoms. The van der Waals surface area contributed by atoms with Gasteiger partial charge in [0.15, 0.2) is 0 Å². The molecule has 0 atom stereocenters. The zero-order chi connectivity index (χ0) is 12.8. The Kier molecular flexibility index (Phi) is 5.05. The molecular formula is C14H24N2O2. The number of carbonyl (C=O) groups excluding carboxylic acids is 1. The summed E-state index contributed by atoms with van der Waals surface area (Å²) in [5.41, 5.74) is 0. The number of carbonyl (C=O) groups is 1. The maximum absolute atomic E-state index is 11.0. The molecule has 0 aromatic carbocycles. The Morgan fingerprint density at radius 2 is 1.89 bits per heavy atom. The van der Waals surface area contributed by atoms with Gasteiger partial charge >= 0.3 is 5.97 Å². The van der Waals surface area contributed by atoms with Gasteiger partial charge in [-0.2, -0.15) is 0 Å². The fourth-order valence-electron chi connectivity index (χ4n) is 2.85. The third kappa shape index (κ3) is 4.02. The molecule has 102 valence electrons. The van der Waals surface area contributed by atoms with Gasteiger partial charge in [-0.05, 0) is 44.7 Å². The fourth-order valence-corrected chi connectivity index (χ4v) is 2.85. The second kappa shape index (κ2) is 6.78. The number of hydrogen-bond acceptors (Lipinski definition) is 4. The summed E-state index contributed by atoms with van der Waals surface area (Å²) in [4.78, 5) is 15.8. The van der Waals surface area contributed by atoms with Crippen LogP contribution in [0.3, 0.4) is 0 Å². The van der Waals surface area contributed by atoms with Crippen molar-refractivity contribution in [2.75, 3.05) is 39.8 Å². The summed E-state index contributed by atoms with van der Waals surface area (Å²) in [6.07, 6.45) is 8.62. The van der Waals surface area contributed by atoms with Crippen molar-refractivity contribution in [2.24, 2.45) is 5.92 Å². The minimum Gasteiger partial charge on any atom is -0.466 e. The van der Waals surface area contributed by atoms with Crippen molar-refractivity contribution >= 4 is 5.97 Å². The van der Waals surface area contributed by atoms with Crippen LogP contribution in [0.4, 0.5) is 0 Å². The van der Waals surface area contributed by atoms with E-state index >= 15 is 0 Å². The van der Waals surface area contributed by atoms with Crippen LogP contribution in [0.25, 0.3) is 0 Å². The standard InChI is InChI=1S/C14H24N2O2/c1-18-14(17)6-11-15-9-4-13(5-10-15)12-16-7-2-3-8-16/h6,11,13H,2-5,7-10,12H2,1H3. The molecule has 0 aliphatic carbocycles. The van der Waals surface area contributed by atoms with Gasteiger partial charge in [-0.15, -0.1) is 0 Å². The van der Waals surface area contributed by atoms with Crippen molar-refractivity contribution in [3.63, 3.8) is 0 Å². The van der Waals surface area contributed by atoms with E-state index < -0.39 is 0 Å². The first-order valence-corrected chi connectivity index (χ1v) is 7.00. The Bertz CT molecular complexity index is 290. The highest BCUT2D eigenvalue weighted by molar-refractivity contribution is 5.81. The lowest BCUT2D eigenvalue weighted by atomic mass is 9.96. The third-order valence-electron chi connectivity index (χ3n) is 3.99. The van der Waals surface area contributed by atoms with Crippen LogP contribution in [0.15, 0.2) is 12.3 Å². The largest absolute Gasteiger partial charge is 0.466 e. The molecule has 0 aromatic rings. The molecule has 0 N–H and O–H groups in total. The van der Waals surface area contributed by atoms with E-state index in [0.29, 0.717) is 0 Å². The predicted molar refractivity (Wildman–Crippen MR) is 71.1 cm³/mol. The zero-order valence-corrected chi connectivity index (χ0v) is 11.3. The van der Waals surface area contributed by atoms with E-state index in [-0.39, 0.29) is 5.97 Å². The maximum atomic E-state index is 11.0. The molecule has 18 heavy (non-hydrogen) atoms. The number of rotatable bonds is 4. The normalized spacial score (nSPS) is 22.8. The Morgan fingerprint density at radius 1 is 1.22 bits per heavy atom. The fraction of sp³-hybridized carbons (Fsp3) is 0.786. The number of piperidine rings is 1. The Labute approximate surface area is 110 Å². The summed E-state index contributed by atoms with van der Waals surface area (Å²) < 4.78 is 4.59. The van der Waals surface area contributed by atoms with Crippen molar-refractivity contribution in [2.45, 2.75) is 25.7 Å². The average Bonchev–Trinajstić information content (AvgIpc) is 2.90. The van der Waals surface area contributed by atoms with Gasteiger partial charge in [-0.1, -0.05) is 0 Å². The van der Waals surface area contributed by atoms with Crippen molar-refractivity contribution < 1.29 is 9.53 Å². The smallest absolute Gasteiger partial charge is 0.331 e. The molecule has 2 aliphatic heterocycles. The topological polar surface area (TPSA) is 32.8 Å². The summed E-state index contributed by atoms with van der Waals surface area (Å²) in [6.45, 7) is 5.98. The highest BCUT2D eigenvalue weighted by Crippen LogP contribution is 2.20. The summed E-state index contributed by atoms with van der Waals surface area (Å²) in [5, 5.41) is 0. The van der Waals surface area contributed by atoms with Crippen LogP contribution in [-0.4, -0.2) is 55.6 Å². The lowest BCUT2D eigenvalue weighted by Crippen LogP contribution is -2.35. The number of esters is 1. The van der Waals surface area contributed by atoms with Crippen molar-refractivity contribution in [1.82, 2.24) is 9.80 Å². The van der Waals surface area contributed by atoms with E-state index in [9.17, 15) is 4.79 Å². The SMILES string of the molecule is COC(=O)C=CN1CCC(CN2CCCC2)CC1. The maximum Gasteiger partial charge on any atom is 0.331 e. The summed E-state index contributed by atoms with van der Waals surface area (Å²) in [6, 6.07) is 0. The van der Waals surface area contributed by atoms with Crippen molar-refractivity contribution in [3.8, 4) is 0 Å². The van der Waals surface area contributed by atoms with E-state index in [4.69, 9.17) is 0 Å². The van der Waals surface area contributed by atoms with Crippen molar-refractivity contribution in [1.29, 1.82) is 0 Å². The van der Waals surface area contributed by atoms with E-state index in [0.717, 1.165) is 19.0 Å². The lowest BCUT2D eigenvalue weighted by Gasteiger charge is -2.33. The Balaban J connectivity index is 1.67. The summed E-state index contributed by atoms with van der Waals surface area (Å²) >= 11 is 0. The number of nitrogens with zero attached hydrogens (tertiary/aromatic N) is 2.